The molecule has 0 spiro atoms. The molecule has 0 aliphatic carbocycles. The fourth-order valence-electron chi connectivity index (χ4n) is 0.202. The molecule has 0 aromatic heterocycles. The molecule has 0 fully saturated rings. The van der Waals surface area contributed by atoms with Gasteiger partial charge in [0.25, 0.3) is 0 Å². The topological polar surface area (TPSA) is 21.6 Å². The van der Waals surface area contributed by atoms with E-state index < -0.39 is 0 Å². The summed E-state index contributed by atoms with van der Waals surface area (Å²) in [6.07, 6.45) is 0.269. The average Bonchev–Trinajstić information content (AvgIpc) is 1.61. The lowest BCUT2D eigenvalue weighted by Gasteiger charge is -2.00. The van der Waals surface area contributed by atoms with Crippen LogP contribution in [-0.4, -0.2) is 19.6 Å². The highest BCUT2D eigenvalue weighted by Crippen LogP contribution is 1.84. The maximum absolute atomic E-state index is 4.96. The Morgan fingerprint density at radius 3 is 2.43 bits per heavy atom. The summed E-state index contributed by atoms with van der Waals surface area (Å²) in [4.78, 5) is 3.50. The van der Waals surface area contributed by atoms with Crippen LogP contribution in [0.5, 0.6) is 0 Å². The Labute approximate surface area is 44.2 Å². The van der Waals surface area contributed by atoms with E-state index in [9.17, 15) is 0 Å². The van der Waals surface area contributed by atoms with Crippen LogP contribution in [0.1, 0.15) is 13.8 Å². The zero-order valence-electron chi connectivity index (χ0n) is 4.85. The first-order chi connectivity index (χ1) is 3.27. The molecule has 0 radical (unpaired) electrons. The van der Waals surface area contributed by atoms with E-state index in [-0.39, 0.29) is 6.10 Å². The van der Waals surface area contributed by atoms with Crippen molar-refractivity contribution in [1.29, 1.82) is 0 Å². The van der Waals surface area contributed by atoms with Crippen LogP contribution in [0.15, 0.2) is 4.99 Å². The lowest BCUT2D eigenvalue weighted by molar-refractivity contribution is 0.0860. The monoisotopic (exact) mass is 101 g/mol. The largest absolute Gasteiger partial charge is 0.357 e. The van der Waals surface area contributed by atoms with Crippen LogP contribution in [-0.2, 0) is 4.74 Å². The molecule has 7 heavy (non-hydrogen) atoms. The van der Waals surface area contributed by atoms with Gasteiger partial charge in [0.05, 0.1) is 6.10 Å². The quantitative estimate of drug-likeness (QED) is 0.487. The second-order valence-electron chi connectivity index (χ2n) is 1.57. The molecule has 0 unspecified atom stereocenters. The van der Waals surface area contributed by atoms with Crippen LogP contribution in [0.2, 0.25) is 0 Å². The van der Waals surface area contributed by atoms with Crippen molar-refractivity contribution >= 4 is 6.72 Å². The van der Waals surface area contributed by atoms with Crippen molar-refractivity contribution in [3.05, 3.63) is 0 Å². The standard InChI is InChI=1S/C5H11NO/c1-5(2)7-4-6-3/h5H,3-4H2,1-2H3. The number of ether oxygens (including phenoxy) is 1. The van der Waals surface area contributed by atoms with Gasteiger partial charge in [-0.15, -0.1) is 0 Å². The molecular formula is C5H11NO. The van der Waals surface area contributed by atoms with Crippen molar-refractivity contribution in [2.75, 3.05) is 6.73 Å². The zero-order chi connectivity index (χ0) is 5.70. The molecule has 0 aliphatic heterocycles. The SMILES string of the molecule is C=NCOC(C)C. The van der Waals surface area contributed by atoms with Crippen molar-refractivity contribution in [2.45, 2.75) is 20.0 Å². The van der Waals surface area contributed by atoms with Gasteiger partial charge >= 0.3 is 0 Å². The van der Waals surface area contributed by atoms with Crippen molar-refractivity contribution in [3.63, 3.8) is 0 Å². The number of nitrogens with zero attached hydrogens (tertiary/aromatic N) is 1. The van der Waals surface area contributed by atoms with Crippen LogP contribution in [0.3, 0.4) is 0 Å². The molecular weight excluding hydrogens is 90.1 g/mol. The van der Waals surface area contributed by atoms with Gasteiger partial charge < -0.3 is 4.74 Å². The summed E-state index contributed by atoms with van der Waals surface area (Å²) in [5.74, 6) is 0. The lowest BCUT2D eigenvalue weighted by atomic mass is 10.5. The van der Waals surface area contributed by atoms with E-state index in [0.29, 0.717) is 6.73 Å². The Kier molecular flexibility index (Phi) is 3.61. The van der Waals surface area contributed by atoms with Crippen LogP contribution in [0, 0.1) is 0 Å². The van der Waals surface area contributed by atoms with Gasteiger partial charge in [0.15, 0.2) is 0 Å². The molecule has 0 aliphatic rings. The predicted molar refractivity (Wildman–Crippen MR) is 30.6 cm³/mol. The highest BCUT2D eigenvalue weighted by Gasteiger charge is 1.85. The Balaban J connectivity index is 2.81. The summed E-state index contributed by atoms with van der Waals surface area (Å²) < 4.78 is 4.96. The van der Waals surface area contributed by atoms with Crippen LogP contribution < -0.4 is 0 Å². The molecule has 0 aromatic carbocycles. The maximum atomic E-state index is 4.96. The molecule has 0 saturated heterocycles. The van der Waals surface area contributed by atoms with Crippen LogP contribution in [0.25, 0.3) is 0 Å². The van der Waals surface area contributed by atoms with E-state index in [0.717, 1.165) is 0 Å². The first-order valence-corrected chi connectivity index (χ1v) is 2.31. The minimum Gasteiger partial charge on any atom is -0.357 e. The van der Waals surface area contributed by atoms with Crippen LogP contribution in [0.4, 0.5) is 0 Å². The molecule has 0 aromatic rings. The predicted octanol–water partition coefficient (Wildman–Crippen LogP) is 1.07. The third-order valence-electron chi connectivity index (χ3n) is 0.499. The van der Waals surface area contributed by atoms with Gasteiger partial charge in [0, 0.05) is 0 Å². The van der Waals surface area contributed by atoms with Gasteiger partial charge in [0.1, 0.15) is 6.73 Å². The molecule has 0 amide bonds. The third-order valence-corrected chi connectivity index (χ3v) is 0.499. The van der Waals surface area contributed by atoms with E-state index in [1.165, 1.54) is 0 Å². The smallest absolute Gasteiger partial charge is 0.137 e. The van der Waals surface area contributed by atoms with Crippen molar-refractivity contribution in [1.82, 2.24) is 0 Å². The zero-order valence-corrected chi connectivity index (χ0v) is 4.85. The van der Waals surface area contributed by atoms with Crippen molar-refractivity contribution in [2.24, 2.45) is 4.99 Å². The number of hydrogen-bond acceptors (Lipinski definition) is 2. The minimum atomic E-state index is 0.269. The van der Waals surface area contributed by atoms with Gasteiger partial charge in [-0.05, 0) is 20.6 Å². The molecule has 0 atom stereocenters. The summed E-state index contributed by atoms with van der Waals surface area (Å²) in [7, 11) is 0. The van der Waals surface area contributed by atoms with E-state index in [1.807, 2.05) is 13.8 Å². The second kappa shape index (κ2) is 3.81. The van der Waals surface area contributed by atoms with Gasteiger partial charge in [-0.25, -0.2) is 0 Å². The van der Waals surface area contributed by atoms with E-state index in [4.69, 9.17) is 4.74 Å². The fraction of sp³-hybridized carbons (Fsp3) is 0.800. The number of rotatable bonds is 3. The van der Waals surface area contributed by atoms with Gasteiger partial charge in [-0.3, -0.25) is 4.99 Å². The number of hydrogen-bond donors (Lipinski definition) is 0. The summed E-state index contributed by atoms with van der Waals surface area (Å²) >= 11 is 0. The van der Waals surface area contributed by atoms with E-state index >= 15 is 0 Å². The van der Waals surface area contributed by atoms with Crippen molar-refractivity contribution in [3.8, 4) is 0 Å². The Hall–Kier alpha value is -0.370. The first kappa shape index (κ1) is 6.63. The summed E-state index contributed by atoms with van der Waals surface area (Å²) in [5, 5.41) is 0. The van der Waals surface area contributed by atoms with Gasteiger partial charge in [0.2, 0.25) is 0 Å². The highest BCUT2D eigenvalue weighted by molar-refractivity contribution is 5.22. The van der Waals surface area contributed by atoms with Crippen molar-refractivity contribution < 1.29 is 4.74 Å². The normalized spacial score (nSPS) is 9.57. The Morgan fingerprint density at radius 2 is 2.29 bits per heavy atom. The Bertz CT molecular complexity index is 52.0. The lowest BCUT2D eigenvalue weighted by Crippen LogP contribution is -2.00. The van der Waals surface area contributed by atoms with Gasteiger partial charge in [-0.1, -0.05) is 0 Å². The fourth-order valence-corrected chi connectivity index (χ4v) is 0.202. The summed E-state index contributed by atoms with van der Waals surface area (Å²) in [6, 6.07) is 0. The third kappa shape index (κ3) is 5.63. The van der Waals surface area contributed by atoms with Gasteiger partial charge in [-0.2, -0.15) is 0 Å². The molecule has 2 heteroatoms. The number of aliphatic imine (C=N–C) groups is 1. The minimum absolute atomic E-state index is 0.269. The van der Waals surface area contributed by atoms with E-state index in [1.54, 1.807) is 0 Å². The first-order valence-electron chi connectivity index (χ1n) is 2.31. The molecule has 0 heterocycles. The molecule has 0 N–H and O–H groups in total. The average molecular weight is 101 g/mol. The van der Waals surface area contributed by atoms with Crippen LogP contribution >= 0.6 is 0 Å². The Morgan fingerprint density at radius 1 is 1.71 bits per heavy atom. The molecule has 0 saturated carbocycles. The highest BCUT2D eigenvalue weighted by atomic mass is 16.5. The summed E-state index contributed by atoms with van der Waals surface area (Å²) in [6.45, 7) is 7.60. The molecule has 2 nitrogen and oxygen atoms in total. The maximum Gasteiger partial charge on any atom is 0.137 e. The van der Waals surface area contributed by atoms with E-state index in [2.05, 4.69) is 11.7 Å². The molecule has 0 rings (SSSR count). The molecule has 42 valence electrons. The summed E-state index contributed by atoms with van der Waals surface area (Å²) in [5.41, 5.74) is 0. The second-order valence-corrected chi connectivity index (χ2v) is 1.57. The molecule has 0 bridgehead atoms.